The number of piperazine rings is 1. The summed E-state index contributed by atoms with van der Waals surface area (Å²) in [6.45, 7) is 8.26. The van der Waals surface area contributed by atoms with Crippen LogP contribution in [0.4, 0.5) is 0 Å². The third-order valence-electron chi connectivity index (χ3n) is 3.80. The number of nitrogens with one attached hydrogen (secondary N) is 2. The maximum atomic E-state index is 12.3. The molecule has 1 saturated heterocycles. The summed E-state index contributed by atoms with van der Waals surface area (Å²) in [7, 11) is 0. The van der Waals surface area contributed by atoms with Crippen molar-refractivity contribution in [1.29, 1.82) is 0 Å². The number of carbonyl (C=O) groups is 1. The normalized spacial score (nSPS) is 23.3. The number of hydrogen-bond donors (Lipinski definition) is 2. The van der Waals surface area contributed by atoms with Crippen LogP contribution in [-0.2, 0) is 0 Å². The second kappa shape index (κ2) is 6.71. The standard InChI is InChI=1S/C14H18Cl2N2O/c1-2-17-5-7-18(8-6-17)10-14(19)12-9-11(15)3-4-13(12)16/h3-4,9H,2,5-8,10H2,1H3/p+2. The molecule has 1 aromatic rings. The van der Waals surface area contributed by atoms with Crippen LogP contribution in [-0.4, -0.2) is 45.1 Å². The van der Waals surface area contributed by atoms with Crippen molar-refractivity contribution in [3.63, 3.8) is 0 Å². The van der Waals surface area contributed by atoms with Gasteiger partial charge in [0.25, 0.3) is 0 Å². The summed E-state index contributed by atoms with van der Waals surface area (Å²) in [5, 5.41) is 1.05. The van der Waals surface area contributed by atoms with Crippen LogP contribution >= 0.6 is 23.2 Å². The minimum atomic E-state index is 0.0856. The van der Waals surface area contributed by atoms with E-state index in [1.54, 1.807) is 23.1 Å². The highest BCUT2D eigenvalue weighted by Gasteiger charge is 2.24. The van der Waals surface area contributed by atoms with Crippen molar-refractivity contribution in [1.82, 2.24) is 0 Å². The summed E-state index contributed by atoms with van der Waals surface area (Å²) in [5.41, 5.74) is 0.548. The third kappa shape index (κ3) is 3.93. The zero-order chi connectivity index (χ0) is 13.8. The SMILES string of the molecule is CC[NH+]1CC[NH+](CC(=O)c2cc(Cl)ccc2Cl)CC1. The highest BCUT2D eigenvalue weighted by molar-refractivity contribution is 6.35. The molecule has 2 rings (SSSR count). The topological polar surface area (TPSA) is 26.0 Å². The molecule has 1 aromatic carbocycles. The fourth-order valence-corrected chi connectivity index (χ4v) is 2.92. The van der Waals surface area contributed by atoms with E-state index >= 15 is 0 Å². The van der Waals surface area contributed by atoms with Gasteiger partial charge in [-0.05, 0) is 25.1 Å². The van der Waals surface area contributed by atoms with E-state index in [4.69, 9.17) is 23.2 Å². The summed E-state index contributed by atoms with van der Waals surface area (Å²) < 4.78 is 0. The molecule has 3 nitrogen and oxygen atoms in total. The first-order chi connectivity index (χ1) is 9.10. The lowest BCUT2D eigenvalue weighted by molar-refractivity contribution is -1.01. The van der Waals surface area contributed by atoms with E-state index in [0.717, 1.165) is 26.2 Å². The smallest absolute Gasteiger partial charge is 0.218 e. The van der Waals surface area contributed by atoms with E-state index in [9.17, 15) is 4.79 Å². The van der Waals surface area contributed by atoms with E-state index in [2.05, 4.69) is 6.92 Å². The molecule has 5 heteroatoms. The highest BCUT2D eigenvalue weighted by Crippen LogP contribution is 2.20. The van der Waals surface area contributed by atoms with Crippen molar-refractivity contribution in [2.24, 2.45) is 0 Å². The van der Waals surface area contributed by atoms with E-state index in [1.165, 1.54) is 11.4 Å². The van der Waals surface area contributed by atoms with Crippen LogP contribution < -0.4 is 9.80 Å². The number of quaternary nitrogens is 2. The quantitative estimate of drug-likeness (QED) is 0.751. The monoisotopic (exact) mass is 302 g/mol. The molecule has 0 bridgehead atoms. The predicted molar refractivity (Wildman–Crippen MR) is 77.6 cm³/mol. The molecule has 0 saturated carbocycles. The molecule has 0 amide bonds. The first-order valence-electron chi connectivity index (χ1n) is 6.75. The minimum Gasteiger partial charge on any atom is -0.326 e. The molecule has 0 aliphatic carbocycles. The second-order valence-electron chi connectivity index (χ2n) is 5.08. The number of Topliss-reactive ketones (excluding diaryl/α,β-unsaturated/α-hetero) is 1. The van der Waals surface area contributed by atoms with E-state index in [-0.39, 0.29) is 5.78 Å². The molecular weight excluding hydrogens is 283 g/mol. The number of benzene rings is 1. The lowest BCUT2D eigenvalue weighted by Crippen LogP contribution is -3.28. The Balaban J connectivity index is 1.96. The molecule has 0 atom stereocenters. The van der Waals surface area contributed by atoms with Gasteiger partial charge in [-0.1, -0.05) is 23.2 Å². The summed E-state index contributed by atoms with van der Waals surface area (Å²) in [5.74, 6) is 0.0856. The maximum absolute atomic E-state index is 12.3. The maximum Gasteiger partial charge on any atom is 0.218 e. The minimum absolute atomic E-state index is 0.0856. The van der Waals surface area contributed by atoms with Gasteiger partial charge in [0.2, 0.25) is 5.78 Å². The number of halogens is 2. The van der Waals surface area contributed by atoms with Gasteiger partial charge < -0.3 is 9.80 Å². The Hall–Kier alpha value is -0.610. The van der Waals surface area contributed by atoms with Gasteiger partial charge in [0.05, 0.1) is 11.6 Å². The Morgan fingerprint density at radius 1 is 1.16 bits per heavy atom. The predicted octanol–water partition coefficient (Wildman–Crippen LogP) is -0.0206. The van der Waals surface area contributed by atoms with Crippen molar-refractivity contribution in [2.75, 3.05) is 39.3 Å². The van der Waals surface area contributed by atoms with Crippen LogP contribution in [0, 0.1) is 0 Å². The zero-order valence-electron chi connectivity index (χ0n) is 11.1. The second-order valence-corrected chi connectivity index (χ2v) is 5.92. The first kappa shape index (κ1) is 14.8. The highest BCUT2D eigenvalue weighted by atomic mass is 35.5. The van der Waals surface area contributed by atoms with Crippen molar-refractivity contribution in [3.8, 4) is 0 Å². The number of rotatable bonds is 4. The Morgan fingerprint density at radius 2 is 1.79 bits per heavy atom. The van der Waals surface area contributed by atoms with Crippen LogP contribution in [0.1, 0.15) is 17.3 Å². The molecule has 1 fully saturated rings. The van der Waals surface area contributed by atoms with E-state index < -0.39 is 0 Å². The van der Waals surface area contributed by atoms with E-state index in [0.29, 0.717) is 22.2 Å². The Kier molecular flexibility index (Phi) is 5.22. The van der Waals surface area contributed by atoms with Gasteiger partial charge in [0, 0.05) is 10.6 Å². The van der Waals surface area contributed by atoms with Gasteiger partial charge in [-0.25, -0.2) is 0 Å². The van der Waals surface area contributed by atoms with Gasteiger partial charge in [-0.3, -0.25) is 4.79 Å². The Labute approximate surface area is 124 Å². The Morgan fingerprint density at radius 3 is 2.42 bits per heavy atom. The van der Waals surface area contributed by atoms with Gasteiger partial charge in [0.15, 0.2) is 0 Å². The molecular formula is C14H20Cl2N2O+2. The third-order valence-corrected chi connectivity index (χ3v) is 4.37. The van der Waals surface area contributed by atoms with Crippen LogP contribution in [0.5, 0.6) is 0 Å². The molecule has 1 aliphatic heterocycles. The fourth-order valence-electron chi connectivity index (χ4n) is 2.52. The fraction of sp³-hybridized carbons (Fsp3) is 0.500. The average Bonchev–Trinajstić information content (AvgIpc) is 2.42. The van der Waals surface area contributed by atoms with Gasteiger partial charge in [-0.15, -0.1) is 0 Å². The van der Waals surface area contributed by atoms with Gasteiger partial charge >= 0.3 is 0 Å². The van der Waals surface area contributed by atoms with Crippen molar-refractivity contribution >= 4 is 29.0 Å². The van der Waals surface area contributed by atoms with Crippen LogP contribution in [0.15, 0.2) is 18.2 Å². The number of ketones is 1. The molecule has 0 aromatic heterocycles. The molecule has 1 heterocycles. The lowest BCUT2D eigenvalue weighted by Gasteiger charge is -2.28. The lowest BCUT2D eigenvalue weighted by atomic mass is 10.1. The van der Waals surface area contributed by atoms with E-state index in [1.807, 2.05) is 0 Å². The summed E-state index contributed by atoms with van der Waals surface area (Å²) >= 11 is 12.0. The average molecular weight is 303 g/mol. The van der Waals surface area contributed by atoms with Crippen molar-refractivity contribution in [2.45, 2.75) is 6.92 Å². The molecule has 2 N–H and O–H groups in total. The summed E-state index contributed by atoms with van der Waals surface area (Å²) in [4.78, 5) is 15.2. The van der Waals surface area contributed by atoms with Crippen molar-refractivity contribution < 1.29 is 14.6 Å². The number of hydrogen-bond acceptors (Lipinski definition) is 1. The molecule has 0 unspecified atom stereocenters. The zero-order valence-corrected chi connectivity index (χ0v) is 12.7. The van der Waals surface area contributed by atoms with Crippen LogP contribution in [0.2, 0.25) is 10.0 Å². The van der Waals surface area contributed by atoms with Crippen LogP contribution in [0.25, 0.3) is 0 Å². The molecule has 1 aliphatic rings. The molecule has 19 heavy (non-hydrogen) atoms. The molecule has 0 radical (unpaired) electrons. The molecule has 104 valence electrons. The summed E-state index contributed by atoms with van der Waals surface area (Å²) in [6, 6.07) is 5.06. The van der Waals surface area contributed by atoms with Crippen molar-refractivity contribution in [3.05, 3.63) is 33.8 Å². The number of carbonyl (C=O) groups excluding carboxylic acids is 1. The van der Waals surface area contributed by atoms with Crippen LogP contribution in [0.3, 0.4) is 0 Å². The first-order valence-corrected chi connectivity index (χ1v) is 7.51. The Bertz CT molecular complexity index is 457. The van der Waals surface area contributed by atoms with Gasteiger partial charge in [-0.2, -0.15) is 0 Å². The summed E-state index contributed by atoms with van der Waals surface area (Å²) in [6.07, 6.45) is 0. The van der Waals surface area contributed by atoms with Gasteiger partial charge in [0.1, 0.15) is 32.7 Å². The number of likely N-dealkylation sites (N-methyl/N-ethyl adjacent to an activating group) is 1. The largest absolute Gasteiger partial charge is 0.326 e. The molecule has 0 spiro atoms.